The molecule has 2 heterocycles. The molecule has 1 aromatic heterocycles. The summed E-state index contributed by atoms with van der Waals surface area (Å²) in [5, 5.41) is 5.58. The summed E-state index contributed by atoms with van der Waals surface area (Å²) >= 11 is 0. The topological polar surface area (TPSA) is 91.7 Å². The summed E-state index contributed by atoms with van der Waals surface area (Å²) in [6.07, 6.45) is 2.90. The van der Waals surface area contributed by atoms with Crippen LogP contribution in [0.15, 0.2) is 47.1 Å². The molecule has 1 saturated heterocycles. The first-order valence-corrected chi connectivity index (χ1v) is 9.47. The molecule has 0 aliphatic carbocycles. The molecular formula is C21H25N3O4. The van der Waals surface area contributed by atoms with Gasteiger partial charge in [0, 0.05) is 25.2 Å². The van der Waals surface area contributed by atoms with E-state index in [1.54, 1.807) is 17.0 Å². The van der Waals surface area contributed by atoms with Gasteiger partial charge in [-0.15, -0.1) is 0 Å². The second-order valence-corrected chi connectivity index (χ2v) is 7.21. The smallest absolute Gasteiger partial charge is 0.287 e. The highest BCUT2D eigenvalue weighted by molar-refractivity contribution is 5.96. The fourth-order valence-electron chi connectivity index (χ4n) is 3.17. The molecule has 148 valence electrons. The second kappa shape index (κ2) is 8.73. The first kappa shape index (κ1) is 19.7. The first-order valence-electron chi connectivity index (χ1n) is 9.47. The molecule has 7 heteroatoms. The SMILES string of the molecule is CC(C)[C@H](NC(=O)c1ccco1)C(=O)NCc1ccc(N2CCCC2=O)cc1. The lowest BCUT2D eigenvalue weighted by Crippen LogP contribution is -2.49. The lowest BCUT2D eigenvalue weighted by atomic mass is 10.0. The van der Waals surface area contributed by atoms with Gasteiger partial charge in [-0.3, -0.25) is 14.4 Å². The lowest BCUT2D eigenvalue weighted by molar-refractivity contribution is -0.124. The van der Waals surface area contributed by atoms with Crippen LogP contribution in [0, 0.1) is 5.92 Å². The van der Waals surface area contributed by atoms with Crippen LogP contribution < -0.4 is 15.5 Å². The van der Waals surface area contributed by atoms with Gasteiger partial charge in [0.2, 0.25) is 11.8 Å². The first-order chi connectivity index (χ1) is 13.5. The fraction of sp³-hybridized carbons (Fsp3) is 0.381. The number of amides is 3. The molecule has 2 N–H and O–H groups in total. The van der Waals surface area contributed by atoms with Crippen molar-refractivity contribution in [3.63, 3.8) is 0 Å². The Kier molecular flexibility index (Phi) is 6.13. The van der Waals surface area contributed by atoms with E-state index in [-0.39, 0.29) is 23.5 Å². The molecule has 0 bridgehead atoms. The highest BCUT2D eigenvalue weighted by Crippen LogP contribution is 2.21. The van der Waals surface area contributed by atoms with Gasteiger partial charge < -0.3 is 20.0 Å². The van der Waals surface area contributed by atoms with Crippen LogP contribution in [0.4, 0.5) is 5.69 Å². The van der Waals surface area contributed by atoms with Crippen LogP contribution >= 0.6 is 0 Å². The summed E-state index contributed by atoms with van der Waals surface area (Å²) in [4.78, 5) is 38.3. The number of anilines is 1. The highest BCUT2D eigenvalue weighted by Gasteiger charge is 2.25. The number of carbonyl (C=O) groups is 3. The van der Waals surface area contributed by atoms with Gasteiger partial charge in [0.05, 0.1) is 6.26 Å². The molecule has 28 heavy (non-hydrogen) atoms. The average molecular weight is 383 g/mol. The Morgan fingerprint density at radius 1 is 1.18 bits per heavy atom. The number of hydrogen-bond donors (Lipinski definition) is 2. The van der Waals surface area contributed by atoms with Crippen LogP contribution in [0.2, 0.25) is 0 Å². The van der Waals surface area contributed by atoms with E-state index < -0.39 is 11.9 Å². The molecule has 7 nitrogen and oxygen atoms in total. The molecule has 0 saturated carbocycles. The van der Waals surface area contributed by atoms with Crippen molar-refractivity contribution in [1.82, 2.24) is 10.6 Å². The third kappa shape index (κ3) is 4.60. The van der Waals surface area contributed by atoms with E-state index in [0.717, 1.165) is 24.2 Å². The van der Waals surface area contributed by atoms with E-state index in [2.05, 4.69) is 10.6 Å². The average Bonchev–Trinajstić information content (AvgIpc) is 3.36. The number of rotatable bonds is 7. The normalized spacial score (nSPS) is 15.0. The number of nitrogens with zero attached hydrogens (tertiary/aromatic N) is 1. The van der Waals surface area contributed by atoms with Crippen molar-refractivity contribution in [2.24, 2.45) is 5.92 Å². The summed E-state index contributed by atoms with van der Waals surface area (Å²) in [7, 11) is 0. The van der Waals surface area contributed by atoms with Crippen molar-refractivity contribution in [3.8, 4) is 0 Å². The minimum Gasteiger partial charge on any atom is -0.459 e. The molecular weight excluding hydrogens is 358 g/mol. The second-order valence-electron chi connectivity index (χ2n) is 7.21. The summed E-state index contributed by atoms with van der Waals surface area (Å²) < 4.78 is 5.07. The van der Waals surface area contributed by atoms with Gasteiger partial charge >= 0.3 is 0 Å². The van der Waals surface area contributed by atoms with Gasteiger partial charge in [-0.25, -0.2) is 0 Å². The maximum absolute atomic E-state index is 12.6. The Balaban J connectivity index is 1.56. The third-order valence-electron chi connectivity index (χ3n) is 4.77. The van der Waals surface area contributed by atoms with E-state index in [4.69, 9.17) is 4.42 Å². The summed E-state index contributed by atoms with van der Waals surface area (Å²) in [6.45, 7) is 4.83. The maximum Gasteiger partial charge on any atom is 0.287 e. The van der Waals surface area contributed by atoms with Crippen LogP contribution in [0.5, 0.6) is 0 Å². The van der Waals surface area contributed by atoms with Gasteiger partial charge in [-0.05, 0) is 42.2 Å². The van der Waals surface area contributed by atoms with Gasteiger partial charge in [-0.2, -0.15) is 0 Å². The molecule has 1 aliphatic rings. The Morgan fingerprint density at radius 2 is 1.93 bits per heavy atom. The molecule has 0 radical (unpaired) electrons. The minimum atomic E-state index is -0.668. The molecule has 1 fully saturated rings. The predicted octanol–water partition coefficient (Wildman–Crippen LogP) is 2.48. The molecule has 3 amide bonds. The number of benzene rings is 1. The number of hydrogen-bond acceptors (Lipinski definition) is 4. The van der Waals surface area contributed by atoms with E-state index in [1.165, 1.54) is 6.26 Å². The van der Waals surface area contributed by atoms with Crippen LogP contribution in [-0.2, 0) is 16.1 Å². The van der Waals surface area contributed by atoms with E-state index in [1.807, 2.05) is 38.1 Å². The summed E-state index contributed by atoms with van der Waals surface area (Å²) in [5.74, 6) is -0.437. The predicted molar refractivity (Wildman–Crippen MR) is 105 cm³/mol. The van der Waals surface area contributed by atoms with Gasteiger partial charge in [-0.1, -0.05) is 26.0 Å². The molecule has 2 aromatic rings. The monoisotopic (exact) mass is 383 g/mol. The fourth-order valence-corrected chi connectivity index (χ4v) is 3.17. The standard InChI is InChI=1S/C21H25N3O4/c1-14(2)19(23-20(26)17-5-4-12-28-17)21(27)22-13-15-7-9-16(10-8-15)24-11-3-6-18(24)25/h4-5,7-10,12,14,19H,3,6,11,13H2,1-2H3,(H,22,27)(H,23,26)/t19-/m0/s1. The quantitative estimate of drug-likeness (QED) is 0.768. The zero-order valence-corrected chi connectivity index (χ0v) is 16.1. The van der Waals surface area contributed by atoms with Crippen molar-refractivity contribution in [1.29, 1.82) is 0 Å². The zero-order chi connectivity index (χ0) is 20.1. The summed E-state index contributed by atoms with van der Waals surface area (Å²) in [6, 6.07) is 10.1. The van der Waals surface area contributed by atoms with Crippen LogP contribution in [-0.4, -0.2) is 30.3 Å². The number of nitrogens with one attached hydrogen (secondary N) is 2. The van der Waals surface area contributed by atoms with Crippen molar-refractivity contribution in [2.45, 2.75) is 39.3 Å². The molecule has 1 atom stereocenters. The Hall–Kier alpha value is -3.09. The van der Waals surface area contributed by atoms with Crippen molar-refractivity contribution >= 4 is 23.4 Å². The Labute approximate surface area is 164 Å². The molecule has 1 aliphatic heterocycles. The zero-order valence-electron chi connectivity index (χ0n) is 16.1. The van der Waals surface area contributed by atoms with Gasteiger partial charge in [0.15, 0.2) is 5.76 Å². The maximum atomic E-state index is 12.6. The number of carbonyl (C=O) groups excluding carboxylic acids is 3. The van der Waals surface area contributed by atoms with Crippen LogP contribution in [0.3, 0.4) is 0 Å². The highest BCUT2D eigenvalue weighted by atomic mass is 16.3. The van der Waals surface area contributed by atoms with Gasteiger partial charge in [0.25, 0.3) is 5.91 Å². The Morgan fingerprint density at radius 3 is 2.50 bits per heavy atom. The molecule has 0 unspecified atom stereocenters. The Bertz CT molecular complexity index is 828. The van der Waals surface area contributed by atoms with Crippen LogP contribution in [0.1, 0.15) is 42.8 Å². The third-order valence-corrected chi connectivity index (χ3v) is 4.77. The van der Waals surface area contributed by atoms with E-state index >= 15 is 0 Å². The largest absolute Gasteiger partial charge is 0.459 e. The lowest BCUT2D eigenvalue weighted by Gasteiger charge is -2.21. The van der Waals surface area contributed by atoms with Crippen molar-refractivity contribution in [2.75, 3.05) is 11.4 Å². The summed E-state index contributed by atoms with van der Waals surface area (Å²) in [5.41, 5.74) is 1.80. The van der Waals surface area contributed by atoms with E-state index in [9.17, 15) is 14.4 Å². The minimum absolute atomic E-state index is 0.0810. The number of furan rings is 1. The van der Waals surface area contributed by atoms with E-state index in [0.29, 0.717) is 13.0 Å². The van der Waals surface area contributed by atoms with Crippen molar-refractivity contribution < 1.29 is 18.8 Å². The molecule has 1 aromatic carbocycles. The molecule has 0 spiro atoms. The van der Waals surface area contributed by atoms with Crippen LogP contribution in [0.25, 0.3) is 0 Å². The molecule has 3 rings (SSSR count). The van der Waals surface area contributed by atoms with Crippen molar-refractivity contribution in [3.05, 3.63) is 54.0 Å². The van der Waals surface area contributed by atoms with Gasteiger partial charge in [0.1, 0.15) is 6.04 Å².